The second-order valence-corrected chi connectivity index (χ2v) is 7.33. The first-order valence-corrected chi connectivity index (χ1v) is 8.29. The zero-order valence-corrected chi connectivity index (χ0v) is 16.7. The lowest BCUT2D eigenvalue weighted by Crippen LogP contribution is -2.45. The van der Waals surface area contributed by atoms with Crippen molar-refractivity contribution in [2.75, 3.05) is 26.2 Å². The van der Waals surface area contributed by atoms with Crippen LogP contribution >= 0.6 is 24.8 Å². The van der Waals surface area contributed by atoms with Crippen molar-refractivity contribution in [3.05, 3.63) is 35.4 Å². The molecule has 1 aromatic rings. The summed E-state index contributed by atoms with van der Waals surface area (Å²) in [6.07, 6.45) is -4.71. The fourth-order valence-corrected chi connectivity index (χ4v) is 3.06. The van der Waals surface area contributed by atoms with Gasteiger partial charge in [0.05, 0.1) is 0 Å². The number of piperazine rings is 1. The van der Waals surface area contributed by atoms with Gasteiger partial charge in [0.15, 0.2) is 0 Å². The summed E-state index contributed by atoms with van der Waals surface area (Å²) in [7, 11) is 0. The Morgan fingerprint density at radius 1 is 1.00 bits per heavy atom. The van der Waals surface area contributed by atoms with Crippen LogP contribution in [0.4, 0.5) is 13.2 Å². The molecule has 25 heavy (non-hydrogen) atoms. The van der Waals surface area contributed by atoms with Crippen LogP contribution in [0.1, 0.15) is 50.8 Å². The van der Waals surface area contributed by atoms with E-state index in [4.69, 9.17) is 0 Å². The van der Waals surface area contributed by atoms with Gasteiger partial charge in [-0.2, -0.15) is 13.2 Å². The molecule has 1 fully saturated rings. The largest absolute Gasteiger partial charge is 0.389 e. The standard InChI is InChI=1S/C18H27F3N2.2ClH/c1-17(2,3)15-6-4-14(5-7-15)16(8-9-18(19,20)21)23-12-10-22-11-13-23;;/h4-7,16,22H,8-13H2,1-3H3;2*1H/t16-;;/m0../s1. The predicted octanol–water partition coefficient (Wildman–Crippen LogP) is 5.12. The lowest BCUT2D eigenvalue weighted by molar-refractivity contribution is -0.138. The quantitative estimate of drug-likeness (QED) is 0.754. The number of nitrogens with zero attached hydrogens (tertiary/aromatic N) is 1. The van der Waals surface area contributed by atoms with E-state index in [-0.39, 0.29) is 42.7 Å². The van der Waals surface area contributed by atoms with E-state index >= 15 is 0 Å². The third-order valence-corrected chi connectivity index (χ3v) is 4.46. The average molecular weight is 401 g/mol. The Balaban J connectivity index is 0.00000288. The smallest absolute Gasteiger partial charge is 0.314 e. The van der Waals surface area contributed by atoms with Crippen LogP contribution in [0.25, 0.3) is 0 Å². The first-order chi connectivity index (χ1) is 10.7. The van der Waals surface area contributed by atoms with E-state index in [0.717, 1.165) is 31.7 Å². The summed E-state index contributed by atoms with van der Waals surface area (Å²) in [6, 6.07) is 7.96. The Morgan fingerprint density at radius 3 is 1.96 bits per heavy atom. The van der Waals surface area contributed by atoms with Crippen molar-refractivity contribution in [1.82, 2.24) is 10.2 Å². The van der Waals surface area contributed by atoms with E-state index in [1.807, 2.05) is 12.1 Å². The van der Waals surface area contributed by atoms with Gasteiger partial charge in [0.1, 0.15) is 0 Å². The normalized spacial score (nSPS) is 17.4. The summed E-state index contributed by atoms with van der Waals surface area (Å²) in [4.78, 5) is 2.17. The Labute approximate surface area is 161 Å². The van der Waals surface area contributed by atoms with Gasteiger partial charge in [0.25, 0.3) is 0 Å². The maximum atomic E-state index is 12.7. The van der Waals surface area contributed by atoms with Gasteiger partial charge in [-0.1, -0.05) is 45.0 Å². The van der Waals surface area contributed by atoms with Crippen LogP contribution in [0.15, 0.2) is 24.3 Å². The summed E-state index contributed by atoms with van der Waals surface area (Å²) in [5.74, 6) is 0. The van der Waals surface area contributed by atoms with Crippen molar-refractivity contribution in [2.45, 2.75) is 51.2 Å². The minimum Gasteiger partial charge on any atom is -0.314 e. The minimum atomic E-state index is -4.10. The van der Waals surface area contributed by atoms with E-state index in [2.05, 4.69) is 43.1 Å². The van der Waals surface area contributed by atoms with E-state index < -0.39 is 12.6 Å². The molecule has 0 aliphatic carbocycles. The van der Waals surface area contributed by atoms with E-state index in [0.29, 0.717) is 0 Å². The van der Waals surface area contributed by atoms with Gasteiger partial charge in [0, 0.05) is 38.6 Å². The lowest BCUT2D eigenvalue weighted by atomic mass is 9.86. The molecule has 1 aromatic carbocycles. The summed E-state index contributed by atoms with van der Waals surface area (Å²) in [6.45, 7) is 9.68. The highest BCUT2D eigenvalue weighted by Gasteiger charge is 2.31. The summed E-state index contributed by atoms with van der Waals surface area (Å²) in [5.41, 5.74) is 2.25. The molecule has 2 rings (SSSR count). The van der Waals surface area contributed by atoms with Gasteiger partial charge in [-0.3, -0.25) is 4.90 Å². The zero-order chi connectivity index (χ0) is 17.1. The molecule has 1 saturated heterocycles. The van der Waals surface area contributed by atoms with Crippen molar-refractivity contribution in [3.8, 4) is 0 Å². The van der Waals surface area contributed by atoms with Crippen molar-refractivity contribution >= 4 is 24.8 Å². The average Bonchev–Trinajstić information content (AvgIpc) is 2.47. The van der Waals surface area contributed by atoms with Crippen molar-refractivity contribution in [3.63, 3.8) is 0 Å². The van der Waals surface area contributed by atoms with Gasteiger partial charge >= 0.3 is 6.18 Å². The molecule has 1 heterocycles. The lowest BCUT2D eigenvalue weighted by Gasteiger charge is -2.35. The number of rotatable bonds is 4. The molecule has 0 radical (unpaired) electrons. The number of hydrogen-bond acceptors (Lipinski definition) is 2. The number of alkyl halides is 3. The minimum absolute atomic E-state index is 0. The van der Waals surface area contributed by atoms with Crippen LogP contribution < -0.4 is 5.32 Å². The first-order valence-electron chi connectivity index (χ1n) is 8.29. The molecule has 1 aliphatic heterocycles. The summed E-state index contributed by atoms with van der Waals surface area (Å²) < 4.78 is 38.1. The predicted molar refractivity (Wildman–Crippen MR) is 102 cm³/mol. The Hall–Kier alpha value is -0.490. The van der Waals surface area contributed by atoms with E-state index in [9.17, 15) is 13.2 Å². The van der Waals surface area contributed by atoms with Gasteiger partial charge in [-0.25, -0.2) is 0 Å². The van der Waals surface area contributed by atoms with Crippen LogP contribution in [-0.2, 0) is 5.41 Å². The third-order valence-electron chi connectivity index (χ3n) is 4.46. The fraction of sp³-hybridized carbons (Fsp3) is 0.667. The monoisotopic (exact) mass is 400 g/mol. The SMILES string of the molecule is CC(C)(C)c1ccc([C@H](CCC(F)(F)F)N2CCNCC2)cc1.Cl.Cl. The van der Waals surface area contributed by atoms with Gasteiger partial charge in [-0.05, 0) is 23.0 Å². The molecule has 0 aromatic heterocycles. The number of halogens is 5. The van der Waals surface area contributed by atoms with E-state index in [1.165, 1.54) is 5.56 Å². The second kappa shape index (κ2) is 10.0. The Kier molecular flexibility index (Phi) is 9.81. The molecule has 1 N–H and O–H groups in total. The zero-order valence-electron chi connectivity index (χ0n) is 15.0. The van der Waals surface area contributed by atoms with Crippen LogP contribution in [0, 0.1) is 0 Å². The highest BCUT2D eigenvalue weighted by molar-refractivity contribution is 5.85. The molecular formula is C18H29Cl2F3N2. The van der Waals surface area contributed by atoms with Crippen molar-refractivity contribution in [2.24, 2.45) is 0 Å². The fourth-order valence-electron chi connectivity index (χ4n) is 3.06. The molecule has 0 bridgehead atoms. The topological polar surface area (TPSA) is 15.3 Å². The maximum absolute atomic E-state index is 12.7. The Bertz CT molecular complexity index is 493. The molecule has 146 valence electrons. The molecule has 1 aliphatic rings. The van der Waals surface area contributed by atoms with Gasteiger partial charge in [-0.15, -0.1) is 24.8 Å². The highest BCUT2D eigenvalue weighted by atomic mass is 35.5. The van der Waals surface area contributed by atoms with Crippen molar-refractivity contribution in [1.29, 1.82) is 0 Å². The van der Waals surface area contributed by atoms with Crippen LogP contribution in [0.5, 0.6) is 0 Å². The second-order valence-electron chi connectivity index (χ2n) is 7.33. The third kappa shape index (κ3) is 7.73. The molecule has 0 amide bonds. The maximum Gasteiger partial charge on any atom is 0.389 e. The van der Waals surface area contributed by atoms with Crippen LogP contribution in [-0.4, -0.2) is 37.3 Å². The van der Waals surface area contributed by atoms with Gasteiger partial charge in [0.2, 0.25) is 0 Å². The molecule has 2 nitrogen and oxygen atoms in total. The molecular weight excluding hydrogens is 372 g/mol. The highest BCUT2D eigenvalue weighted by Crippen LogP contribution is 2.33. The molecule has 0 unspecified atom stereocenters. The Morgan fingerprint density at radius 2 is 1.52 bits per heavy atom. The van der Waals surface area contributed by atoms with Gasteiger partial charge < -0.3 is 5.32 Å². The summed E-state index contributed by atoms with van der Waals surface area (Å²) in [5, 5.41) is 3.26. The molecule has 0 saturated carbocycles. The van der Waals surface area contributed by atoms with Crippen molar-refractivity contribution < 1.29 is 13.2 Å². The van der Waals surface area contributed by atoms with Crippen LogP contribution in [0.3, 0.4) is 0 Å². The molecule has 1 atom stereocenters. The van der Waals surface area contributed by atoms with Crippen LogP contribution in [0.2, 0.25) is 0 Å². The number of benzene rings is 1. The molecule has 7 heteroatoms. The molecule has 0 spiro atoms. The summed E-state index contributed by atoms with van der Waals surface area (Å²) >= 11 is 0. The number of hydrogen-bond donors (Lipinski definition) is 1. The number of nitrogens with one attached hydrogen (secondary N) is 1. The van der Waals surface area contributed by atoms with E-state index in [1.54, 1.807) is 0 Å². The first kappa shape index (κ1) is 24.5.